The van der Waals surface area contributed by atoms with Gasteiger partial charge in [0.1, 0.15) is 5.75 Å². The van der Waals surface area contributed by atoms with Crippen molar-refractivity contribution in [1.29, 1.82) is 0 Å². The number of carbonyl (C=O) groups excluding carboxylic acids is 2. The third-order valence-corrected chi connectivity index (χ3v) is 6.31. The summed E-state index contributed by atoms with van der Waals surface area (Å²) in [7, 11) is 1.27. The first-order chi connectivity index (χ1) is 20.5. The van der Waals surface area contributed by atoms with Gasteiger partial charge < -0.3 is 24.6 Å². The number of amidine groups is 1. The first kappa shape index (κ1) is 29.8. The van der Waals surface area contributed by atoms with E-state index in [9.17, 15) is 14.7 Å². The topological polar surface area (TPSA) is 113 Å². The van der Waals surface area contributed by atoms with E-state index in [0.29, 0.717) is 18.0 Å². The first-order valence-corrected chi connectivity index (χ1v) is 13.6. The van der Waals surface area contributed by atoms with Crippen LogP contribution in [0.15, 0.2) is 108 Å². The maximum absolute atomic E-state index is 12.4. The number of rotatable bonds is 13. The van der Waals surface area contributed by atoms with E-state index in [1.165, 1.54) is 23.8 Å². The van der Waals surface area contributed by atoms with Crippen molar-refractivity contribution in [3.8, 4) is 16.9 Å². The zero-order valence-corrected chi connectivity index (χ0v) is 23.4. The number of benzene rings is 3. The Labute approximate surface area is 245 Å². The van der Waals surface area contributed by atoms with Gasteiger partial charge in [-0.2, -0.15) is 4.57 Å². The number of pyridine rings is 1. The van der Waals surface area contributed by atoms with Crippen molar-refractivity contribution >= 4 is 23.6 Å². The lowest BCUT2D eigenvalue weighted by Gasteiger charge is -2.14. The highest BCUT2D eigenvalue weighted by atomic mass is 16.5. The summed E-state index contributed by atoms with van der Waals surface area (Å²) in [5.41, 5.74) is 4.96. The summed E-state index contributed by atoms with van der Waals surface area (Å²) >= 11 is 0. The average molecular weight is 568 g/mol. The second kappa shape index (κ2) is 15.6. The van der Waals surface area contributed by atoms with Crippen LogP contribution in [0.2, 0.25) is 0 Å². The number of aliphatic imine (C=N–C) groups is 1. The number of hydrogen-bond acceptors (Lipinski definition) is 7. The lowest BCUT2D eigenvalue weighted by Crippen LogP contribution is -2.36. The number of hydrogen-bond donors (Lipinski definition) is 1. The lowest BCUT2D eigenvalue weighted by molar-refractivity contribution is -0.728. The van der Waals surface area contributed by atoms with E-state index in [1.807, 2.05) is 48.5 Å². The Morgan fingerprint density at radius 3 is 2.40 bits per heavy atom. The van der Waals surface area contributed by atoms with Crippen LogP contribution in [0, 0.1) is 0 Å². The summed E-state index contributed by atoms with van der Waals surface area (Å²) in [6.45, 7) is 0.650. The second-order valence-corrected chi connectivity index (χ2v) is 9.34. The summed E-state index contributed by atoms with van der Waals surface area (Å²) in [6, 6.07) is 28.9. The van der Waals surface area contributed by atoms with Gasteiger partial charge in [0.15, 0.2) is 12.4 Å². The molecular formula is C33H33N3O6. The molecule has 4 rings (SSSR count). The van der Waals surface area contributed by atoms with Crippen molar-refractivity contribution in [3.05, 3.63) is 115 Å². The number of anilines is 1. The lowest BCUT2D eigenvalue weighted by atomic mass is 9.98. The molecule has 0 spiro atoms. The van der Waals surface area contributed by atoms with Gasteiger partial charge in [-0.05, 0) is 47.0 Å². The van der Waals surface area contributed by atoms with E-state index in [4.69, 9.17) is 9.47 Å². The molecule has 0 aliphatic heterocycles. The fourth-order valence-electron chi connectivity index (χ4n) is 4.15. The summed E-state index contributed by atoms with van der Waals surface area (Å²) in [6.07, 6.45) is 4.13. The van der Waals surface area contributed by atoms with Crippen molar-refractivity contribution < 1.29 is 33.5 Å². The molecule has 0 fully saturated rings. The van der Waals surface area contributed by atoms with Gasteiger partial charge in [-0.1, -0.05) is 54.6 Å². The predicted octanol–water partition coefficient (Wildman–Crippen LogP) is 4.04. The molecule has 0 bridgehead atoms. The van der Waals surface area contributed by atoms with Crippen LogP contribution in [0.3, 0.4) is 0 Å². The van der Waals surface area contributed by atoms with Gasteiger partial charge >= 0.3 is 11.9 Å². The van der Waals surface area contributed by atoms with Crippen LogP contribution in [0.4, 0.5) is 5.69 Å². The maximum atomic E-state index is 12.4. The number of methoxy groups -OCH3 is 1. The molecule has 9 heteroatoms. The van der Waals surface area contributed by atoms with Crippen molar-refractivity contribution in [2.24, 2.45) is 4.99 Å². The van der Waals surface area contributed by atoms with E-state index >= 15 is 0 Å². The van der Waals surface area contributed by atoms with E-state index < -0.39 is 18.0 Å². The van der Waals surface area contributed by atoms with Crippen molar-refractivity contribution in [2.45, 2.75) is 32.5 Å². The Bertz CT molecular complexity index is 1490. The van der Waals surface area contributed by atoms with Gasteiger partial charge in [0.25, 0.3) is 6.73 Å². The van der Waals surface area contributed by atoms with Gasteiger partial charge in [0.2, 0.25) is 0 Å². The summed E-state index contributed by atoms with van der Waals surface area (Å²) in [5.74, 6) is -0.267. The third kappa shape index (κ3) is 9.48. The Morgan fingerprint density at radius 2 is 1.62 bits per heavy atom. The predicted molar refractivity (Wildman–Crippen MR) is 156 cm³/mol. The molecule has 0 saturated carbocycles. The third-order valence-electron chi connectivity index (χ3n) is 6.31. The van der Waals surface area contributed by atoms with Crippen molar-refractivity contribution in [1.82, 2.24) is 0 Å². The second-order valence-electron chi connectivity index (χ2n) is 9.34. The molecule has 42 heavy (non-hydrogen) atoms. The zero-order valence-electron chi connectivity index (χ0n) is 23.4. The molecule has 1 N–H and O–H groups in total. The largest absolute Gasteiger partial charge is 0.846 e. The monoisotopic (exact) mass is 567 g/mol. The molecule has 0 unspecified atom stereocenters. The smallest absolute Gasteiger partial charge is 0.311 e. The Balaban J connectivity index is 1.22. The minimum atomic E-state index is -0.507. The normalized spacial score (nSPS) is 11.0. The fourth-order valence-corrected chi connectivity index (χ4v) is 4.15. The van der Waals surface area contributed by atoms with Gasteiger partial charge in [0.05, 0.1) is 39.1 Å². The fraction of sp³-hybridized carbons (Fsp3) is 0.212. The molecule has 216 valence electrons. The van der Waals surface area contributed by atoms with Gasteiger partial charge in [-0.3, -0.25) is 14.6 Å². The number of aromatic nitrogens is 1. The number of carbonyl (C=O) groups is 2. The highest BCUT2D eigenvalue weighted by molar-refractivity contribution is 5.85. The quantitative estimate of drug-likeness (QED) is 0.112. The number of nitrogens with zero attached hydrogens (tertiary/aromatic N) is 2. The SMILES string of the molecule is COC(=O)CCC(=O)OC[n+]1cccc(CN=C([O-])Nc2ccc(OCCc3ccccc3-c3ccccc3)cc2)c1. The Morgan fingerprint density at radius 1 is 0.881 bits per heavy atom. The van der Waals surface area contributed by atoms with Gasteiger partial charge in [-0.25, -0.2) is 0 Å². The molecular weight excluding hydrogens is 534 g/mol. The standard InChI is InChI=1S/C33H33N3O6/c1-40-31(37)17-18-32(38)42-24-36-20-7-8-25(23-36)22-34-33(39)35-28-13-15-29(16-14-28)41-21-19-27-11-5-6-12-30(27)26-9-3-2-4-10-26/h2-16,20,23H,17-19,21-22,24H2,1H3,(H-,34,35,39). The van der Waals surface area contributed by atoms with Crippen molar-refractivity contribution in [3.63, 3.8) is 0 Å². The molecule has 1 heterocycles. The van der Waals surface area contributed by atoms with Crippen LogP contribution in [0.1, 0.15) is 24.0 Å². The maximum Gasteiger partial charge on any atom is 0.311 e. The van der Waals surface area contributed by atoms with Crippen LogP contribution in [-0.2, 0) is 38.8 Å². The summed E-state index contributed by atoms with van der Waals surface area (Å²) in [4.78, 5) is 27.0. The van der Waals surface area contributed by atoms with Crippen LogP contribution < -0.4 is 19.7 Å². The van der Waals surface area contributed by atoms with Crippen LogP contribution in [0.5, 0.6) is 5.75 Å². The molecule has 9 nitrogen and oxygen atoms in total. The molecule has 3 aromatic carbocycles. The van der Waals surface area contributed by atoms with E-state index in [-0.39, 0.29) is 26.1 Å². The molecule has 1 aromatic heterocycles. The summed E-state index contributed by atoms with van der Waals surface area (Å²) < 4.78 is 17.3. The van der Waals surface area contributed by atoms with Crippen LogP contribution in [0.25, 0.3) is 11.1 Å². The molecule has 0 aliphatic carbocycles. The first-order valence-electron chi connectivity index (χ1n) is 13.6. The average Bonchev–Trinajstić information content (AvgIpc) is 3.03. The van der Waals surface area contributed by atoms with Gasteiger partial charge in [0, 0.05) is 23.7 Å². The van der Waals surface area contributed by atoms with E-state index in [0.717, 1.165) is 12.0 Å². The van der Waals surface area contributed by atoms with Crippen LogP contribution >= 0.6 is 0 Å². The molecule has 0 amide bonds. The van der Waals surface area contributed by atoms with Gasteiger partial charge in [-0.15, -0.1) is 0 Å². The van der Waals surface area contributed by atoms with Crippen LogP contribution in [-0.4, -0.2) is 31.7 Å². The van der Waals surface area contributed by atoms with E-state index in [2.05, 4.69) is 39.3 Å². The highest BCUT2D eigenvalue weighted by Gasteiger charge is 2.11. The summed E-state index contributed by atoms with van der Waals surface area (Å²) in [5, 5.41) is 15.1. The highest BCUT2D eigenvalue weighted by Crippen LogP contribution is 2.24. The molecule has 0 aliphatic rings. The molecule has 0 atom stereocenters. The molecule has 0 radical (unpaired) electrons. The number of ether oxygens (including phenoxy) is 3. The minimum absolute atomic E-state index is 0.0198. The Kier molecular flexibility index (Phi) is 11.0. The molecule has 0 saturated heterocycles. The van der Waals surface area contributed by atoms with E-state index in [1.54, 1.807) is 35.2 Å². The number of nitrogens with one attached hydrogen (secondary N) is 1. The number of esters is 2. The molecule has 4 aromatic rings. The van der Waals surface area contributed by atoms with Crippen molar-refractivity contribution in [2.75, 3.05) is 19.0 Å². The minimum Gasteiger partial charge on any atom is -0.846 e. The Hall–Kier alpha value is -5.18. The zero-order chi connectivity index (χ0) is 29.6.